The molecule has 1 amide bonds. The summed E-state index contributed by atoms with van der Waals surface area (Å²) in [6, 6.07) is 13.2. The molecule has 1 heterocycles. The van der Waals surface area contributed by atoms with Gasteiger partial charge in [-0.2, -0.15) is 0 Å². The summed E-state index contributed by atoms with van der Waals surface area (Å²) in [5.41, 5.74) is -0.624. The Balaban J connectivity index is 1.94. The summed E-state index contributed by atoms with van der Waals surface area (Å²) in [6.07, 6.45) is 0. The van der Waals surface area contributed by atoms with Crippen LogP contribution in [0.15, 0.2) is 72.3 Å². The highest BCUT2D eigenvalue weighted by molar-refractivity contribution is 6.51. The lowest BCUT2D eigenvalue weighted by molar-refractivity contribution is -0.384. The second kappa shape index (κ2) is 9.22. The number of carbonyl (C=O) groups is 3. The van der Waals surface area contributed by atoms with Crippen LogP contribution in [0, 0.1) is 10.1 Å². The van der Waals surface area contributed by atoms with E-state index in [-0.39, 0.29) is 28.1 Å². The zero-order valence-corrected chi connectivity index (χ0v) is 18.6. The number of benzene rings is 3. The Hall–Kier alpha value is -5.19. The number of non-ortho nitro benzene ring substituents is 1. The van der Waals surface area contributed by atoms with Gasteiger partial charge in [-0.15, -0.1) is 0 Å². The first-order chi connectivity index (χ1) is 17.1. The van der Waals surface area contributed by atoms with Crippen LogP contribution in [0.3, 0.4) is 0 Å². The van der Waals surface area contributed by atoms with Gasteiger partial charge in [0.25, 0.3) is 17.4 Å². The van der Waals surface area contributed by atoms with E-state index in [0.717, 1.165) is 17.0 Å². The minimum absolute atomic E-state index is 0.0376. The number of aliphatic hydroxyl groups is 1. The van der Waals surface area contributed by atoms with E-state index in [1.54, 1.807) is 12.1 Å². The summed E-state index contributed by atoms with van der Waals surface area (Å²) in [4.78, 5) is 49.4. The van der Waals surface area contributed by atoms with Crippen LogP contribution in [0.5, 0.6) is 11.5 Å². The molecule has 1 aliphatic rings. The molecule has 0 radical (unpaired) electrons. The van der Waals surface area contributed by atoms with Crippen molar-refractivity contribution in [3.63, 3.8) is 0 Å². The molecule has 0 bridgehead atoms. The van der Waals surface area contributed by atoms with Gasteiger partial charge in [0, 0.05) is 23.4 Å². The third-order valence-electron chi connectivity index (χ3n) is 5.72. The average Bonchev–Trinajstić information content (AvgIpc) is 3.14. The molecular formula is C25H18N2O9. The molecule has 0 aromatic heterocycles. The lowest BCUT2D eigenvalue weighted by Gasteiger charge is -2.25. The van der Waals surface area contributed by atoms with Gasteiger partial charge in [0.15, 0.2) is 0 Å². The predicted octanol–water partition coefficient (Wildman–Crippen LogP) is 3.63. The van der Waals surface area contributed by atoms with E-state index in [4.69, 9.17) is 4.74 Å². The minimum atomic E-state index is -1.46. The zero-order chi connectivity index (χ0) is 26.1. The highest BCUT2D eigenvalue weighted by Gasteiger charge is 2.47. The van der Waals surface area contributed by atoms with Gasteiger partial charge in [-0.25, -0.2) is 4.79 Å². The molecule has 0 aliphatic carbocycles. The molecule has 11 nitrogen and oxygen atoms in total. The highest BCUT2D eigenvalue weighted by atomic mass is 16.6. The van der Waals surface area contributed by atoms with Crippen molar-refractivity contribution in [1.29, 1.82) is 0 Å². The van der Waals surface area contributed by atoms with Gasteiger partial charge in [0.1, 0.15) is 22.8 Å². The number of aliphatic hydroxyl groups excluding tert-OH is 1. The quantitative estimate of drug-likeness (QED) is 0.154. The largest absolute Gasteiger partial charge is 0.507 e. The van der Waals surface area contributed by atoms with Gasteiger partial charge in [-0.05, 0) is 60.2 Å². The van der Waals surface area contributed by atoms with Crippen LogP contribution in [-0.2, 0) is 9.59 Å². The normalized spacial score (nSPS) is 16.7. The Labute approximate surface area is 203 Å². The van der Waals surface area contributed by atoms with E-state index in [9.17, 15) is 39.8 Å². The Morgan fingerprint density at radius 3 is 2.19 bits per heavy atom. The fourth-order valence-electron chi connectivity index (χ4n) is 3.94. The number of hydrogen-bond acceptors (Lipinski definition) is 8. The first kappa shape index (κ1) is 24.0. The average molecular weight is 490 g/mol. The van der Waals surface area contributed by atoms with Gasteiger partial charge < -0.3 is 20.1 Å². The van der Waals surface area contributed by atoms with Crippen LogP contribution < -0.4 is 9.64 Å². The van der Waals surface area contributed by atoms with Crippen molar-refractivity contribution in [1.82, 2.24) is 0 Å². The number of methoxy groups -OCH3 is 1. The number of rotatable bonds is 6. The van der Waals surface area contributed by atoms with E-state index in [2.05, 4.69) is 0 Å². The molecule has 1 atom stereocenters. The molecule has 3 N–H and O–H groups in total. The van der Waals surface area contributed by atoms with E-state index >= 15 is 0 Å². The zero-order valence-electron chi connectivity index (χ0n) is 18.6. The summed E-state index contributed by atoms with van der Waals surface area (Å²) < 4.78 is 5.10. The summed E-state index contributed by atoms with van der Waals surface area (Å²) in [5.74, 6) is -4.13. The fourth-order valence-corrected chi connectivity index (χ4v) is 3.94. The maximum atomic E-state index is 13.2. The maximum Gasteiger partial charge on any atom is 0.339 e. The molecule has 182 valence electrons. The fraction of sp³-hybridized carbons (Fsp3) is 0.0800. The van der Waals surface area contributed by atoms with Crippen LogP contribution in [0.25, 0.3) is 5.76 Å². The summed E-state index contributed by atoms with van der Waals surface area (Å²) in [5, 5.41) is 41.5. The smallest absolute Gasteiger partial charge is 0.339 e. The van der Waals surface area contributed by atoms with Crippen molar-refractivity contribution in [2.24, 2.45) is 0 Å². The molecule has 4 rings (SSSR count). The molecule has 1 unspecified atom stereocenters. The first-order valence-corrected chi connectivity index (χ1v) is 10.4. The second-order valence-corrected chi connectivity index (χ2v) is 7.75. The Kier molecular flexibility index (Phi) is 6.13. The van der Waals surface area contributed by atoms with Crippen LogP contribution in [-0.4, -0.2) is 45.0 Å². The Morgan fingerprint density at radius 1 is 1.00 bits per heavy atom. The standard InChI is InChI=1S/C25H18N2O9/c1-36-17-9-4-14(5-10-17)22(29)20-21(13-2-6-15(7-3-13)27(34)35)26(24(31)23(20)30)16-8-11-19(28)18(12-16)25(32)33/h2-12,21,28-29H,1H3,(H,32,33)/b22-20+. The SMILES string of the molecule is COc1ccc(/C(O)=C2\C(=O)C(=O)N(c3ccc(O)c(C(=O)O)c3)C2c2ccc([N+](=O)[O-])cc2)cc1. The van der Waals surface area contributed by atoms with Crippen LogP contribution in [0.2, 0.25) is 0 Å². The molecule has 0 spiro atoms. The molecule has 1 fully saturated rings. The number of carbonyl (C=O) groups excluding carboxylic acids is 2. The number of anilines is 1. The molecule has 0 saturated carbocycles. The van der Waals surface area contributed by atoms with Crippen molar-refractivity contribution in [3.05, 3.63) is 99.1 Å². The summed E-state index contributed by atoms with van der Waals surface area (Å²) in [7, 11) is 1.46. The molecule has 3 aromatic rings. The van der Waals surface area contributed by atoms with Crippen molar-refractivity contribution in [2.75, 3.05) is 12.0 Å². The number of nitro groups is 1. The van der Waals surface area contributed by atoms with Gasteiger partial charge in [0.2, 0.25) is 0 Å². The number of phenols is 1. The number of carboxylic acid groups (broad SMARTS) is 1. The van der Waals surface area contributed by atoms with Crippen molar-refractivity contribution < 1.29 is 39.4 Å². The molecule has 3 aromatic carbocycles. The minimum Gasteiger partial charge on any atom is -0.507 e. The number of Topliss-reactive ketones (excluding diaryl/α,β-unsaturated/α-hetero) is 1. The lowest BCUT2D eigenvalue weighted by Crippen LogP contribution is -2.29. The monoisotopic (exact) mass is 490 g/mol. The Bertz CT molecular complexity index is 1430. The molecule has 11 heteroatoms. The lowest BCUT2D eigenvalue weighted by atomic mass is 9.95. The van der Waals surface area contributed by atoms with E-state index in [1.165, 1.54) is 49.6 Å². The molecule has 1 saturated heterocycles. The van der Waals surface area contributed by atoms with Crippen molar-refractivity contribution in [3.8, 4) is 11.5 Å². The number of ketones is 1. The highest BCUT2D eigenvalue weighted by Crippen LogP contribution is 2.43. The van der Waals surface area contributed by atoms with Crippen LogP contribution in [0.4, 0.5) is 11.4 Å². The predicted molar refractivity (Wildman–Crippen MR) is 126 cm³/mol. The summed E-state index contributed by atoms with van der Waals surface area (Å²) in [6.45, 7) is 0. The first-order valence-electron chi connectivity index (χ1n) is 10.4. The van der Waals surface area contributed by atoms with E-state index in [0.29, 0.717) is 5.75 Å². The second-order valence-electron chi connectivity index (χ2n) is 7.75. The van der Waals surface area contributed by atoms with E-state index in [1.807, 2.05) is 0 Å². The number of carboxylic acids is 1. The number of hydrogen-bond donors (Lipinski definition) is 3. The van der Waals surface area contributed by atoms with Crippen LogP contribution >= 0.6 is 0 Å². The molecule has 36 heavy (non-hydrogen) atoms. The van der Waals surface area contributed by atoms with E-state index < -0.39 is 45.7 Å². The van der Waals surface area contributed by atoms with Crippen molar-refractivity contribution >= 4 is 34.8 Å². The number of aromatic carboxylic acids is 1. The number of nitrogens with zero attached hydrogens (tertiary/aromatic N) is 2. The number of nitro benzene ring substituents is 1. The number of amides is 1. The van der Waals surface area contributed by atoms with Gasteiger partial charge >= 0.3 is 5.97 Å². The van der Waals surface area contributed by atoms with Crippen molar-refractivity contribution in [2.45, 2.75) is 6.04 Å². The van der Waals surface area contributed by atoms with Crippen LogP contribution in [0.1, 0.15) is 27.5 Å². The maximum absolute atomic E-state index is 13.2. The Morgan fingerprint density at radius 2 is 1.64 bits per heavy atom. The van der Waals surface area contributed by atoms with Gasteiger partial charge in [-0.1, -0.05) is 0 Å². The molecule has 1 aliphatic heterocycles. The number of aromatic hydroxyl groups is 1. The third kappa shape index (κ3) is 4.09. The van der Waals surface area contributed by atoms with Gasteiger partial charge in [0.05, 0.1) is 23.6 Å². The molecular weight excluding hydrogens is 472 g/mol. The summed E-state index contributed by atoms with van der Waals surface area (Å²) >= 11 is 0. The number of ether oxygens (including phenoxy) is 1. The topological polar surface area (TPSA) is 168 Å². The third-order valence-corrected chi connectivity index (χ3v) is 5.72. The van der Waals surface area contributed by atoms with Gasteiger partial charge in [-0.3, -0.25) is 24.6 Å².